The molecule has 1 aromatic carbocycles. The quantitative estimate of drug-likeness (QED) is 0.853. The minimum absolute atomic E-state index is 0.0326. The summed E-state index contributed by atoms with van der Waals surface area (Å²) in [7, 11) is 0. The average molecular weight is 347 g/mol. The van der Waals surface area contributed by atoms with Gasteiger partial charge in [0.1, 0.15) is 11.6 Å². The molecule has 134 valence electrons. The summed E-state index contributed by atoms with van der Waals surface area (Å²) in [6.07, 6.45) is 3.54. The molecule has 0 radical (unpaired) electrons. The molecule has 4 nitrogen and oxygen atoms in total. The van der Waals surface area contributed by atoms with Gasteiger partial charge in [-0.15, -0.1) is 0 Å². The smallest absolute Gasteiger partial charge is 0.256 e. The minimum atomic E-state index is -0.536. The third-order valence-electron chi connectivity index (χ3n) is 5.01. The highest BCUT2D eigenvalue weighted by atomic mass is 19.1. The number of hydrogen-bond acceptors (Lipinski definition) is 3. The highest BCUT2D eigenvalue weighted by Crippen LogP contribution is 2.21. The van der Waals surface area contributed by atoms with Crippen molar-refractivity contribution in [2.45, 2.75) is 39.8 Å². The minimum Gasteiger partial charge on any atom is -0.299 e. The molecule has 0 aliphatic carbocycles. The summed E-state index contributed by atoms with van der Waals surface area (Å²) in [6.45, 7) is 6.59. The summed E-state index contributed by atoms with van der Waals surface area (Å²) >= 11 is 0. The van der Waals surface area contributed by atoms with Crippen LogP contribution >= 0.6 is 0 Å². The molecule has 1 aliphatic rings. The Morgan fingerprint density at radius 1 is 1.12 bits per heavy atom. The lowest BCUT2D eigenvalue weighted by molar-refractivity contribution is 0.166. The standard InChI is InChI=1S/C19H23F2N3O/c1-13-14(2)22-12-24(19(13)25)11-15-3-5-23(6-4-15)10-16-7-17(20)9-18(21)8-16/h7-9,12,15H,3-6,10-11H2,1-2H3. The van der Waals surface area contributed by atoms with Gasteiger partial charge in [-0.2, -0.15) is 0 Å². The molecular formula is C19H23F2N3O. The summed E-state index contributed by atoms with van der Waals surface area (Å²) in [4.78, 5) is 18.7. The zero-order chi connectivity index (χ0) is 18.0. The Morgan fingerprint density at radius 3 is 2.40 bits per heavy atom. The van der Waals surface area contributed by atoms with Crippen molar-refractivity contribution >= 4 is 0 Å². The molecule has 1 fully saturated rings. The topological polar surface area (TPSA) is 38.1 Å². The Morgan fingerprint density at radius 2 is 1.76 bits per heavy atom. The fraction of sp³-hybridized carbons (Fsp3) is 0.474. The molecule has 0 saturated carbocycles. The van der Waals surface area contributed by atoms with Crippen LogP contribution in [0.3, 0.4) is 0 Å². The fourth-order valence-electron chi connectivity index (χ4n) is 3.37. The van der Waals surface area contributed by atoms with Crippen LogP contribution in [0.25, 0.3) is 0 Å². The molecular weight excluding hydrogens is 324 g/mol. The largest absolute Gasteiger partial charge is 0.299 e. The van der Waals surface area contributed by atoms with E-state index in [0.29, 0.717) is 30.1 Å². The molecule has 0 N–H and O–H groups in total. The van der Waals surface area contributed by atoms with Gasteiger partial charge in [0.05, 0.1) is 6.33 Å². The number of benzene rings is 1. The molecule has 0 spiro atoms. The SMILES string of the molecule is Cc1ncn(CC2CCN(Cc3cc(F)cc(F)c3)CC2)c(=O)c1C. The first-order valence-electron chi connectivity index (χ1n) is 8.62. The maximum Gasteiger partial charge on any atom is 0.256 e. The van der Waals surface area contributed by atoms with Crippen LogP contribution in [0, 0.1) is 31.4 Å². The van der Waals surface area contributed by atoms with Crippen molar-refractivity contribution in [3.8, 4) is 0 Å². The lowest BCUT2D eigenvalue weighted by atomic mass is 9.96. The molecule has 6 heteroatoms. The molecule has 2 heterocycles. The Hall–Kier alpha value is -2.08. The van der Waals surface area contributed by atoms with E-state index in [1.54, 1.807) is 10.9 Å². The van der Waals surface area contributed by atoms with Gasteiger partial charge in [0, 0.05) is 30.4 Å². The summed E-state index contributed by atoms with van der Waals surface area (Å²) in [6, 6.07) is 3.66. The maximum atomic E-state index is 13.3. The Balaban J connectivity index is 1.57. The van der Waals surface area contributed by atoms with Crippen LogP contribution < -0.4 is 5.56 Å². The molecule has 0 bridgehead atoms. The third-order valence-corrected chi connectivity index (χ3v) is 5.01. The van der Waals surface area contributed by atoms with Crippen molar-refractivity contribution in [1.82, 2.24) is 14.5 Å². The third kappa shape index (κ3) is 4.31. The van der Waals surface area contributed by atoms with E-state index in [1.165, 1.54) is 12.1 Å². The van der Waals surface area contributed by atoms with E-state index < -0.39 is 11.6 Å². The molecule has 0 atom stereocenters. The Bertz CT molecular complexity index is 791. The van der Waals surface area contributed by atoms with Crippen LogP contribution in [0.1, 0.15) is 29.7 Å². The first-order chi connectivity index (χ1) is 11.9. The van der Waals surface area contributed by atoms with E-state index in [4.69, 9.17) is 0 Å². The normalized spacial score (nSPS) is 16.3. The van der Waals surface area contributed by atoms with Crippen LogP contribution in [-0.2, 0) is 13.1 Å². The first kappa shape index (κ1) is 17.7. The number of likely N-dealkylation sites (tertiary alicyclic amines) is 1. The molecule has 1 aliphatic heterocycles. The van der Waals surface area contributed by atoms with E-state index in [0.717, 1.165) is 37.7 Å². The van der Waals surface area contributed by atoms with Crippen LogP contribution in [-0.4, -0.2) is 27.5 Å². The van der Waals surface area contributed by atoms with Crippen LogP contribution in [0.2, 0.25) is 0 Å². The summed E-state index contributed by atoms with van der Waals surface area (Å²) in [5.41, 5.74) is 2.17. The Labute approximate surface area is 146 Å². The molecule has 0 unspecified atom stereocenters. The maximum absolute atomic E-state index is 13.3. The lowest BCUT2D eigenvalue weighted by Crippen LogP contribution is -2.36. The number of piperidine rings is 1. The van der Waals surface area contributed by atoms with Gasteiger partial charge in [-0.05, 0) is 63.4 Å². The molecule has 1 saturated heterocycles. The van der Waals surface area contributed by atoms with E-state index in [2.05, 4.69) is 9.88 Å². The van der Waals surface area contributed by atoms with Crippen molar-refractivity contribution < 1.29 is 8.78 Å². The zero-order valence-corrected chi connectivity index (χ0v) is 14.6. The van der Waals surface area contributed by atoms with Gasteiger partial charge in [-0.25, -0.2) is 13.8 Å². The van der Waals surface area contributed by atoms with Crippen molar-refractivity contribution in [1.29, 1.82) is 0 Å². The van der Waals surface area contributed by atoms with E-state index in [-0.39, 0.29) is 5.56 Å². The monoisotopic (exact) mass is 347 g/mol. The number of hydrogen-bond donors (Lipinski definition) is 0. The fourth-order valence-corrected chi connectivity index (χ4v) is 3.37. The number of halogens is 2. The predicted octanol–water partition coefficient (Wildman–Crippen LogP) is 3.05. The van der Waals surface area contributed by atoms with Crippen molar-refractivity contribution in [2.75, 3.05) is 13.1 Å². The van der Waals surface area contributed by atoms with Crippen LogP contribution in [0.15, 0.2) is 29.3 Å². The zero-order valence-electron chi connectivity index (χ0n) is 14.6. The molecule has 25 heavy (non-hydrogen) atoms. The molecule has 1 aromatic heterocycles. The predicted molar refractivity (Wildman–Crippen MR) is 92.3 cm³/mol. The number of aryl methyl sites for hydroxylation is 1. The number of nitrogens with zero attached hydrogens (tertiary/aromatic N) is 3. The van der Waals surface area contributed by atoms with E-state index in [9.17, 15) is 13.6 Å². The summed E-state index contributed by atoms with van der Waals surface area (Å²) in [5, 5.41) is 0. The van der Waals surface area contributed by atoms with Crippen molar-refractivity contribution in [3.05, 3.63) is 63.3 Å². The second kappa shape index (κ2) is 7.44. The summed E-state index contributed by atoms with van der Waals surface area (Å²) in [5.74, 6) is -0.653. The first-order valence-corrected chi connectivity index (χ1v) is 8.62. The molecule has 0 amide bonds. The highest BCUT2D eigenvalue weighted by Gasteiger charge is 2.20. The van der Waals surface area contributed by atoms with Gasteiger partial charge in [-0.1, -0.05) is 0 Å². The van der Waals surface area contributed by atoms with Gasteiger partial charge in [0.2, 0.25) is 0 Å². The van der Waals surface area contributed by atoms with Crippen molar-refractivity contribution in [3.63, 3.8) is 0 Å². The van der Waals surface area contributed by atoms with Crippen molar-refractivity contribution in [2.24, 2.45) is 5.92 Å². The van der Waals surface area contributed by atoms with Gasteiger partial charge < -0.3 is 0 Å². The van der Waals surface area contributed by atoms with Gasteiger partial charge in [0.15, 0.2) is 0 Å². The van der Waals surface area contributed by atoms with Crippen LogP contribution in [0.4, 0.5) is 8.78 Å². The van der Waals surface area contributed by atoms with Crippen LogP contribution in [0.5, 0.6) is 0 Å². The molecule has 2 aromatic rings. The van der Waals surface area contributed by atoms with E-state index in [1.807, 2.05) is 13.8 Å². The van der Waals surface area contributed by atoms with Gasteiger partial charge >= 0.3 is 0 Å². The van der Waals surface area contributed by atoms with E-state index >= 15 is 0 Å². The lowest BCUT2D eigenvalue weighted by Gasteiger charge is -2.32. The summed E-state index contributed by atoms with van der Waals surface area (Å²) < 4.78 is 28.3. The highest BCUT2D eigenvalue weighted by molar-refractivity contribution is 5.18. The van der Waals surface area contributed by atoms with Gasteiger partial charge in [-0.3, -0.25) is 14.3 Å². The average Bonchev–Trinajstić information content (AvgIpc) is 2.56. The second-order valence-electron chi connectivity index (χ2n) is 6.91. The second-order valence-corrected chi connectivity index (χ2v) is 6.91. The number of aromatic nitrogens is 2. The number of rotatable bonds is 4. The van der Waals surface area contributed by atoms with Gasteiger partial charge in [0.25, 0.3) is 5.56 Å². The Kier molecular flexibility index (Phi) is 5.27. The molecule has 3 rings (SSSR count).